The van der Waals surface area contributed by atoms with E-state index in [1.165, 1.54) is 0 Å². The number of carbonyl (C=O) groups is 2. The van der Waals surface area contributed by atoms with Crippen LogP contribution in [-0.4, -0.2) is 55.2 Å². The standard InChI is InChI=1S/C13H18N2O4/c16-12(15-6-4-14-5-7-15)10-8-2-1-3-9(19-8)11(10)13(17)18/h1,3,8-11,14H,2,4-7H2,(H,17,18). The predicted octanol–water partition coefficient (Wildman–Crippen LogP) is -2.90. The second-order valence-electron chi connectivity index (χ2n) is 5.36. The third-order valence-electron chi connectivity index (χ3n) is 4.24. The Morgan fingerprint density at radius 3 is 2.68 bits per heavy atom. The predicted molar refractivity (Wildman–Crippen MR) is 62.6 cm³/mol. The molecule has 3 heterocycles. The van der Waals surface area contributed by atoms with Crippen molar-refractivity contribution < 1.29 is 24.7 Å². The molecular formula is C13H18N2O4. The van der Waals surface area contributed by atoms with E-state index in [0.717, 1.165) is 13.1 Å². The number of carboxylic acids is 1. The SMILES string of the molecule is O=C([O-])C1C2C=CCC(O2)C1C(=O)N1CC[NH2+]CC1. The molecule has 2 bridgehead atoms. The van der Waals surface area contributed by atoms with Crippen molar-refractivity contribution in [2.45, 2.75) is 18.6 Å². The van der Waals surface area contributed by atoms with Crippen molar-refractivity contribution in [3.05, 3.63) is 12.2 Å². The topological polar surface area (TPSA) is 86.3 Å². The number of hydrogen-bond acceptors (Lipinski definition) is 4. The monoisotopic (exact) mass is 266 g/mol. The Morgan fingerprint density at radius 1 is 1.26 bits per heavy atom. The van der Waals surface area contributed by atoms with Gasteiger partial charge in [0.15, 0.2) is 0 Å². The summed E-state index contributed by atoms with van der Waals surface area (Å²) in [5.41, 5.74) is 0. The largest absolute Gasteiger partial charge is 0.550 e. The summed E-state index contributed by atoms with van der Waals surface area (Å²) < 4.78 is 5.63. The van der Waals surface area contributed by atoms with Gasteiger partial charge in [-0.3, -0.25) is 4.79 Å². The van der Waals surface area contributed by atoms with Gasteiger partial charge in [0.1, 0.15) is 0 Å². The van der Waals surface area contributed by atoms with E-state index in [1.807, 2.05) is 6.08 Å². The van der Waals surface area contributed by atoms with Crippen LogP contribution >= 0.6 is 0 Å². The summed E-state index contributed by atoms with van der Waals surface area (Å²) in [6, 6.07) is 0. The first-order valence-corrected chi connectivity index (χ1v) is 6.82. The molecule has 104 valence electrons. The molecule has 4 unspecified atom stereocenters. The number of nitrogens with zero attached hydrogens (tertiary/aromatic N) is 1. The first-order chi connectivity index (χ1) is 9.18. The second kappa shape index (κ2) is 4.94. The van der Waals surface area contributed by atoms with Crippen LogP contribution in [0.25, 0.3) is 0 Å². The molecule has 19 heavy (non-hydrogen) atoms. The second-order valence-corrected chi connectivity index (χ2v) is 5.36. The molecule has 6 heteroatoms. The molecule has 4 atom stereocenters. The fourth-order valence-corrected chi connectivity index (χ4v) is 3.30. The van der Waals surface area contributed by atoms with Crippen LogP contribution in [0.2, 0.25) is 0 Å². The molecule has 0 aliphatic carbocycles. The summed E-state index contributed by atoms with van der Waals surface area (Å²) >= 11 is 0. The number of carboxylic acid groups (broad SMARTS) is 1. The number of hydrogen-bond donors (Lipinski definition) is 1. The maximum atomic E-state index is 12.6. The number of fused-ring (bicyclic) bond motifs is 2. The van der Waals surface area contributed by atoms with E-state index >= 15 is 0 Å². The van der Waals surface area contributed by atoms with E-state index in [4.69, 9.17) is 4.74 Å². The third kappa shape index (κ3) is 2.15. The zero-order valence-corrected chi connectivity index (χ0v) is 10.7. The Balaban J connectivity index is 1.81. The molecule has 2 N–H and O–H groups in total. The van der Waals surface area contributed by atoms with Crippen molar-refractivity contribution in [3.63, 3.8) is 0 Å². The Morgan fingerprint density at radius 2 is 2.00 bits per heavy atom. The first-order valence-electron chi connectivity index (χ1n) is 6.82. The Hall–Kier alpha value is -1.40. The van der Waals surface area contributed by atoms with Gasteiger partial charge in [-0.2, -0.15) is 0 Å². The highest BCUT2D eigenvalue weighted by molar-refractivity contribution is 5.86. The lowest BCUT2D eigenvalue weighted by atomic mass is 9.86. The molecule has 1 amide bonds. The van der Waals surface area contributed by atoms with Gasteiger partial charge >= 0.3 is 0 Å². The first kappa shape index (κ1) is 12.6. The molecule has 0 aromatic carbocycles. The van der Waals surface area contributed by atoms with E-state index in [0.29, 0.717) is 19.5 Å². The Labute approximate surface area is 111 Å². The van der Waals surface area contributed by atoms with E-state index < -0.39 is 23.9 Å². The average molecular weight is 266 g/mol. The molecule has 2 saturated heterocycles. The molecule has 0 spiro atoms. The van der Waals surface area contributed by atoms with Crippen LogP contribution < -0.4 is 10.4 Å². The number of ether oxygens (including phenoxy) is 1. The van der Waals surface area contributed by atoms with Crippen LogP contribution in [0.5, 0.6) is 0 Å². The number of piperazine rings is 1. The Bertz CT molecular complexity index is 417. The van der Waals surface area contributed by atoms with Gasteiger partial charge in [0.25, 0.3) is 0 Å². The van der Waals surface area contributed by atoms with Gasteiger partial charge in [0, 0.05) is 11.9 Å². The number of quaternary nitrogens is 1. The smallest absolute Gasteiger partial charge is 0.229 e. The third-order valence-corrected chi connectivity index (χ3v) is 4.24. The zero-order chi connectivity index (χ0) is 13.4. The van der Waals surface area contributed by atoms with Crippen molar-refractivity contribution in [1.82, 2.24) is 4.90 Å². The summed E-state index contributed by atoms with van der Waals surface area (Å²) in [5, 5.41) is 13.5. The van der Waals surface area contributed by atoms with Gasteiger partial charge in [-0.25, -0.2) is 0 Å². The van der Waals surface area contributed by atoms with Gasteiger partial charge in [0.05, 0.1) is 44.3 Å². The minimum Gasteiger partial charge on any atom is -0.550 e. The molecule has 3 aliphatic rings. The van der Waals surface area contributed by atoms with Gasteiger partial charge in [0.2, 0.25) is 5.91 Å². The molecule has 3 aliphatic heterocycles. The molecule has 6 nitrogen and oxygen atoms in total. The van der Waals surface area contributed by atoms with Crippen molar-refractivity contribution in [1.29, 1.82) is 0 Å². The van der Waals surface area contributed by atoms with E-state index in [2.05, 4.69) is 5.32 Å². The minimum absolute atomic E-state index is 0.0847. The van der Waals surface area contributed by atoms with Crippen molar-refractivity contribution >= 4 is 11.9 Å². The molecular weight excluding hydrogens is 248 g/mol. The fraction of sp³-hybridized carbons (Fsp3) is 0.692. The highest BCUT2D eigenvalue weighted by Crippen LogP contribution is 2.39. The number of nitrogens with two attached hydrogens (primary N) is 1. The van der Waals surface area contributed by atoms with Crippen LogP contribution in [0.4, 0.5) is 0 Å². The number of amides is 1. The minimum atomic E-state index is -1.18. The zero-order valence-electron chi connectivity index (χ0n) is 10.7. The number of rotatable bonds is 2. The van der Waals surface area contributed by atoms with Gasteiger partial charge < -0.3 is 24.9 Å². The highest BCUT2D eigenvalue weighted by Gasteiger charge is 2.50. The number of aliphatic carboxylic acids is 1. The number of carbonyl (C=O) groups excluding carboxylic acids is 2. The lowest BCUT2D eigenvalue weighted by Gasteiger charge is -2.31. The molecule has 3 rings (SSSR count). The van der Waals surface area contributed by atoms with Gasteiger partial charge in [-0.05, 0) is 6.42 Å². The van der Waals surface area contributed by atoms with Gasteiger partial charge in [-0.15, -0.1) is 0 Å². The quantitative estimate of drug-likeness (QED) is 0.543. The summed E-state index contributed by atoms with van der Waals surface area (Å²) in [4.78, 5) is 25.7. The highest BCUT2D eigenvalue weighted by atomic mass is 16.5. The van der Waals surface area contributed by atoms with Crippen LogP contribution in [-0.2, 0) is 14.3 Å². The van der Waals surface area contributed by atoms with Crippen LogP contribution in [0, 0.1) is 11.8 Å². The average Bonchev–Trinajstić information content (AvgIpc) is 2.69. The maximum absolute atomic E-state index is 12.6. The molecule has 0 saturated carbocycles. The van der Waals surface area contributed by atoms with Crippen LogP contribution in [0.3, 0.4) is 0 Å². The lowest BCUT2D eigenvalue weighted by molar-refractivity contribution is -0.662. The Kier molecular flexibility index (Phi) is 3.28. The summed E-state index contributed by atoms with van der Waals surface area (Å²) in [7, 11) is 0. The fourth-order valence-electron chi connectivity index (χ4n) is 3.30. The summed E-state index contributed by atoms with van der Waals surface area (Å²) in [6.45, 7) is 3.11. The van der Waals surface area contributed by atoms with Gasteiger partial charge in [-0.1, -0.05) is 12.2 Å². The van der Waals surface area contributed by atoms with Crippen molar-refractivity contribution in [2.24, 2.45) is 11.8 Å². The molecule has 0 radical (unpaired) electrons. The summed E-state index contributed by atoms with van der Waals surface area (Å²) in [5.74, 6) is -2.70. The van der Waals surface area contributed by atoms with Crippen molar-refractivity contribution in [2.75, 3.05) is 26.2 Å². The van der Waals surface area contributed by atoms with E-state index in [9.17, 15) is 14.7 Å². The molecule has 0 aromatic heterocycles. The lowest BCUT2D eigenvalue weighted by Crippen LogP contribution is -2.90. The van der Waals surface area contributed by atoms with Crippen LogP contribution in [0.15, 0.2) is 12.2 Å². The maximum Gasteiger partial charge on any atom is 0.229 e. The summed E-state index contributed by atoms with van der Waals surface area (Å²) in [6.07, 6.45) is 3.45. The van der Waals surface area contributed by atoms with E-state index in [1.54, 1.807) is 11.0 Å². The van der Waals surface area contributed by atoms with Crippen molar-refractivity contribution in [3.8, 4) is 0 Å². The van der Waals surface area contributed by atoms with E-state index in [-0.39, 0.29) is 12.0 Å². The molecule has 0 aromatic rings. The molecule has 2 fully saturated rings. The normalized spacial score (nSPS) is 37.4. The van der Waals surface area contributed by atoms with Crippen LogP contribution in [0.1, 0.15) is 6.42 Å².